The van der Waals surface area contributed by atoms with Gasteiger partial charge in [-0.3, -0.25) is 0 Å². The molecule has 1 saturated carbocycles. The van der Waals surface area contributed by atoms with E-state index >= 15 is 0 Å². The van der Waals surface area contributed by atoms with Crippen LogP contribution in [0.15, 0.2) is 12.2 Å². The van der Waals surface area contributed by atoms with Crippen LogP contribution in [0.25, 0.3) is 0 Å². The summed E-state index contributed by atoms with van der Waals surface area (Å²) in [6.45, 7) is 4.48. The van der Waals surface area contributed by atoms with Gasteiger partial charge in [-0.25, -0.2) is 0 Å². The Morgan fingerprint density at radius 2 is 1.82 bits per heavy atom. The number of allylic oxidation sites excluding steroid dienone is 2. The average molecular weight is 152 g/mol. The Balaban J connectivity index is 2.32. The SMILES string of the molecule is CC=CC(C)C1CCCCC1. The molecule has 0 saturated heterocycles. The highest BCUT2D eigenvalue weighted by molar-refractivity contribution is 4.87. The molecule has 0 N–H and O–H groups in total. The van der Waals surface area contributed by atoms with Crippen LogP contribution in [0.3, 0.4) is 0 Å². The van der Waals surface area contributed by atoms with Crippen LogP contribution in [0.2, 0.25) is 0 Å². The number of hydrogen-bond acceptors (Lipinski definition) is 0. The molecule has 1 unspecified atom stereocenters. The summed E-state index contributed by atoms with van der Waals surface area (Å²) in [6.07, 6.45) is 11.9. The third-order valence-electron chi connectivity index (χ3n) is 2.89. The van der Waals surface area contributed by atoms with Crippen molar-refractivity contribution in [2.45, 2.75) is 46.0 Å². The van der Waals surface area contributed by atoms with E-state index in [9.17, 15) is 0 Å². The van der Waals surface area contributed by atoms with Gasteiger partial charge in [0, 0.05) is 0 Å². The Labute approximate surface area is 70.7 Å². The number of rotatable bonds is 2. The summed E-state index contributed by atoms with van der Waals surface area (Å²) >= 11 is 0. The molecule has 0 spiro atoms. The minimum Gasteiger partial charge on any atom is -0.0914 e. The molecule has 1 aliphatic carbocycles. The fourth-order valence-corrected chi connectivity index (χ4v) is 2.12. The van der Waals surface area contributed by atoms with Gasteiger partial charge in [0.1, 0.15) is 0 Å². The molecule has 0 radical (unpaired) electrons. The maximum Gasteiger partial charge on any atom is -0.0234 e. The first kappa shape index (κ1) is 8.83. The lowest BCUT2D eigenvalue weighted by molar-refractivity contribution is 0.300. The molecule has 0 bridgehead atoms. The van der Waals surface area contributed by atoms with Gasteiger partial charge in [0.05, 0.1) is 0 Å². The summed E-state index contributed by atoms with van der Waals surface area (Å²) in [6, 6.07) is 0. The first-order valence-corrected chi connectivity index (χ1v) is 4.97. The lowest BCUT2D eigenvalue weighted by atomic mass is 9.81. The normalized spacial score (nSPS) is 24.2. The predicted molar refractivity (Wildman–Crippen MR) is 50.6 cm³/mol. The summed E-state index contributed by atoms with van der Waals surface area (Å²) in [7, 11) is 0. The standard InChI is InChI=1S/C11H20/c1-3-7-10(2)11-8-5-4-6-9-11/h3,7,10-11H,4-6,8-9H2,1-2H3. The molecule has 1 rings (SSSR count). The molecule has 1 atom stereocenters. The maximum absolute atomic E-state index is 2.36. The van der Waals surface area contributed by atoms with Crippen LogP contribution in [0, 0.1) is 11.8 Å². The van der Waals surface area contributed by atoms with E-state index in [1.54, 1.807) is 0 Å². The van der Waals surface area contributed by atoms with Crippen molar-refractivity contribution >= 4 is 0 Å². The quantitative estimate of drug-likeness (QED) is 0.528. The number of hydrogen-bond donors (Lipinski definition) is 0. The molecule has 0 heteroatoms. The van der Waals surface area contributed by atoms with Crippen molar-refractivity contribution in [3.8, 4) is 0 Å². The average Bonchev–Trinajstić information content (AvgIpc) is 2.07. The molecule has 0 aromatic heterocycles. The predicted octanol–water partition coefficient (Wildman–Crippen LogP) is 3.78. The van der Waals surface area contributed by atoms with Gasteiger partial charge in [0.2, 0.25) is 0 Å². The van der Waals surface area contributed by atoms with Gasteiger partial charge in [0.25, 0.3) is 0 Å². The highest BCUT2D eigenvalue weighted by atomic mass is 14.2. The first-order valence-electron chi connectivity index (χ1n) is 4.97. The molecular weight excluding hydrogens is 132 g/mol. The maximum atomic E-state index is 2.36. The minimum atomic E-state index is 0.820. The Morgan fingerprint density at radius 1 is 1.18 bits per heavy atom. The van der Waals surface area contributed by atoms with Crippen LogP contribution in [-0.2, 0) is 0 Å². The van der Waals surface area contributed by atoms with E-state index < -0.39 is 0 Å². The monoisotopic (exact) mass is 152 g/mol. The largest absolute Gasteiger partial charge is 0.0914 e. The minimum absolute atomic E-state index is 0.820. The van der Waals surface area contributed by atoms with E-state index in [1.165, 1.54) is 32.1 Å². The molecule has 0 amide bonds. The van der Waals surface area contributed by atoms with Crippen molar-refractivity contribution in [3.63, 3.8) is 0 Å². The van der Waals surface area contributed by atoms with Crippen molar-refractivity contribution in [1.82, 2.24) is 0 Å². The second-order valence-electron chi connectivity index (χ2n) is 3.78. The van der Waals surface area contributed by atoms with Crippen LogP contribution in [0.4, 0.5) is 0 Å². The molecule has 1 fully saturated rings. The fourth-order valence-electron chi connectivity index (χ4n) is 2.12. The highest BCUT2D eigenvalue weighted by Crippen LogP contribution is 2.30. The molecule has 0 heterocycles. The van der Waals surface area contributed by atoms with Gasteiger partial charge in [-0.1, -0.05) is 38.3 Å². The van der Waals surface area contributed by atoms with Crippen molar-refractivity contribution in [3.05, 3.63) is 12.2 Å². The molecular formula is C11H20. The molecule has 64 valence electrons. The zero-order chi connectivity index (χ0) is 8.10. The van der Waals surface area contributed by atoms with Crippen molar-refractivity contribution < 1.29 is 0 Å². The molecule has 1 aliphatic rings. The molecule has 11 heavy (non-hydrogen) atoms. The smallest absolute Gasteiger partial charge is 0.0234 e. The van der Waals surface area contributed by atoms with Gasteiger partial charge >= 0.3 is 0 Å². The van der Waals surface area contributed by atoms with Crippen LogP contribution in [0.1, 0.15) is 46.0 Å². The van der Waals surface area contributed by atoms with Crippen molar-refractivity contribution in [2.75, 3.05) is 0 Å². The van der Waals surface area contributed by atoms with Crippen molar-refractivity contribution in [1.29, 1.82) is 0 Å². The second kappa shape index (κ2) is 4.58. The molecule has 0 nitrogen and oxygen atoms in total. The van der Waals surface area contributed by atoms with Gasteiger partial charge < -0.3 is 0 Å². The Kier molecular flexibility index (Phi) is 3.68. The third kappa shape index (κ3) is 2.69. The Bertz CT molecular complexity index is 118. The van der Waals surface area contributed by atoms with E-state index in [4.69, 9.17) is 0 Å². The van der Waals surface area contributed by atoms with Crippen LogP contribution < -0.4 is 0 Å². The van der Waals surface area contributed by atoms with E-state index in [0.29, 0.717) is 0 Å². The molecule has 0 aromatic rings. The molecule has 0 aliphatic heterocycles. The van der Waals surface area contributed by atoms with E-state index in [0.717, 1.165) is 11.8 Å². The summed E-state index contributed by atoms with van der Waals surface area (Å²) in [4.78, 5) is 0. The topological polar surface area (TPSA) is 0 Å². The van der Waals surface area contributed by atoms with Gasteiger partial charge in [-0.2, -0.15) is 0 Å². The lowest BCUT2D eigenvalue weighted by Gasteiger charge is -2.25. The van der Waals surface area contributed by atoms with Gasteiger partial charge in [0.15, 0.2) is 0 Å². The van der Waals surface area contributed by atoms with Crippen LogP contribution >= 0.6 is 0 Å². The first-order chi connectivity index (χ1) is 5.34. The van der Waals surface area contributed by atoms with Crippen molar-refractivity contribution in [2.24, 2.45) is 11.8 Å². The van der Waals surface area contributed by atoms with Crippen LogP contribution in [-0.4, -0.2) is 0 Å². The van der Waals surface area contributed by atoms with E-state index in [2.05, 4.69) is 26.0 Å². The zero-order valence-electron chi connectivity index (χ0n) is 7.84. The van der Waals surface area contributed by atoms with Gasteiger partial charge in [-0.05, 0) is 31.6 Å². The zero-order valence-corrected chi connectivity index (χ0v) is 7.84. The molecule has 0 aromatic carbocycles. The fraction of sp³-hybridized carbons (Fsp3) is 0.818. The summed E-state index contributed by atoms with van der Waals surface area (Å²) < 4.78 is 0. The summed E-state index contributed by atoms with van der Waals surface area (Å²) in [5, 5.41) is 0. The van der Waals surface area contributed by atoms with E-state index in [1.807, 2.05) is 0 Å². The Hall–Kier alpha value is -0.260. The lowest BCUT2D eigenvalue weighted by Crippen LogP contribution is -2.13. The Morgan fingerprint density at radius 3 is 2.36 bits per heavy atom. The van der Waals surface area contributed by atoms with E-state index in [-0.39, 0.29) is 0 Å². The van der Waals surface area contributed by atoms with Gasteiger partial charge in [-0.15, -0.1) is 0 Å². The summed E-state index contributed by atoms with van der Waals surface area (Å²) in [5.74, 6) is 1.81. The second-order valence-corrected chi connectivity index (χ2v) is 3.78. The summed E-state index contributed by atoms with van der Waals surface area (Å²) in [5.41, 5.74) is 0. The van der Waals surface area contributed by atoms with Crippen LogP contribution in [0.5, 0.6) is 0 Å². The highest BCUT2D eigenvalue weighted by Gasteiger charge is 2.17. The third-order valence-corrected chi connectivity index (χ3v) is 2.89.